The number of para-hydroxylation sites is 2. The zero-order valence-corrected chi connectivity index (χ0v) is 24.8. The van der Waals surface area contributed by atoms with Gasteiger partial charge in [-0.2, -0.15) is 13.2 Å². The summed E-state index contributed by atoms with van der Waals surface area (Å²) in [7, 11) is -8.38. The highest BCUT2D eigenvalue weighted by Gasteiger charge is 2.47. The number of sulfonamides is 1. The average molecular weight is 653 g/mol. The number of halogens is 3. The first-order valence-corrected chi connectivity index (χ1v) is 16.1. The number of imidazole rings is 1. The molecule has 4 aromatic rings. The first kappa shape index (κ1) is 31.5. The van der Waals surface area contributed by atoms with Gasteiger partial charge < -0.3 is 9.82 Å². The van der Waals surface area contributed by atoms with Crippen LogP contribution in [-0.2, 0) is 30.9 Å². The summed E-state index contributed by atoms with van der Waals surface area (Å²) in [5.74, 6) is -3.38. The number of H-pyrrole nitrogens is 1. The molecule has 0 bridgehead atoms. The molecule has 0 aliphatic carbocycles. The maximum absolute atomic E-state index is 14.1. The summed E-state index contributed by atoms with van der Waals surface area (Å²) in [6, 6.07) is 15.3. The number of nitrogens with zero attached hydrogens (tertiary/aromatic N) is 2. The molecule has 1 aliphatic rings. The van der Waals surface area contributed by atoms with Crippen LogP contribution in [0.3, 0.4) is 0 Å². The first-order valence-electron chi connectivity index (χ1n) is 13.1. The Labute approximate surface area is 251 Å². The van der Waals surface area contributed by atoms with Gasteiger partial charge in [-0.15, -0.1) is 10.8 Å². The van der Waals surface area contributed by atoms with Crippen LogP contribution in [0.25, 0.3) is 11.0 Å². The van der Waals surface area contributed by atoms with Crippen molar-refractivity contribution in [3.05, 3.63) is 94.8 Å². The van der Waals surface area contributed by atoms with Gasteiger partial charge in [-0.05, 0) is 65.2 Å². The van der Waals surface area contributed by atoms with Gasteiger partial charge in [0.25, 0.3) is 10.0 Å². The molecule has 1 saturated heterocycles. The van der Waals surface area contributed by atoms with Crippen LogP contribution in [0.4, 0.5) is 13.2 Å². The lowest BCUT2D eigenvalue weighted by Crippen LogP contribution is -2.42. The number of hydrogen-bond donors (Lipinski definition) is 4. The molecule has 3 aromatic carbocycles. The minimum Gasteiger partial charge on any atom is -0.344 e. The van der Waals surface area contributed by atoms with Gasteiger partial charge in [-0.1, -0.05) is 48.5 Å². The Morgan fingerprint density at radius 3 is 2.41 bits per heavy atom. The molecule has 1 unspecified atom stereocenters. The summed E-state index contributed by atoms with van der Waals surface area (Å²) in [6.45, 7) is 3.06. The lowest BCUT2D eigenvalue weighted by molar-refractivity contribution is -0.227. The molecule has 0 saturated carbocycles. The number of fused-ring (bicyclic) bond motifs is 1. The zero-order valence-electron chi connectivity index (χ0n) is 23.2. The summed E-state index contributed by atoms with van der Waals surface area (Å²) in [4.78, 5) is 35.6. The van der Waals surface area contributed by atoms with Gasteiger partial charge in [0.15, 0.2) is 0 Å². The van der Waals surface area contributed by atoms with Crippen LogP contribution in [0, 0.1) is 13.8 Å². The fourth-order valence-corrected chi connectivity index (χ4v) is 8.02. The number of aryl methyl sites for hydroxylation is 2. The number of benzene rings is 3. The zero-order chi connectivity index (χ0) is 32.0. The van der Waals surface area contributed by atoms with Crippen molar-refractivity contribution >= 4 is 43.7 Å². The average Bonchev–Trinajstić information content (AvgIpc) is 3.50. The molecular formula is C28H27F3N4O7S2. The Bertz CT molecular complexity index is 1810. The van der Waals surface area contributed by atoms with Gasteiger partial charge in [0, 0.05) is 0 Å². The molecule has 0 radical (unpaired) electrons. The van der Waals surface area contributed by atoms with E-state index < -0.39 is 50.1 Å². The van der Waals surface area contributed by atoms with Crippen molar-refractivity contribution in [2.24, 2.45) is 0 Å². The summed E-state index contributed by atoms with van der Waals surface area (Å²) in [6.07, 6.45) is -6.02. The van der Waals surface area contributed by atoms with E-state index in [4.69, 9.17) is 0 Å². The lowest BCUT2D eigenvalue weighted by Gasteiger charge is -2.33. The molecular weight excluding hydrogens is 625 g/mol. The van der Waals surface area contributed by atoms with E-state index in [0.717, 1.165) is 0 Å². The fraction of sp³-hybridized carbons (Fsp3) is 0.250. The van der Waals surface area contributed by atoms with Crippen molar-refractivity contribution in [2.75, 3.05) is 0 Å². The predicted molar refractivity (Wildman–Crippen MR) is 154 cm³/mol. The molecule has 1 aliphatic heterocycles. The minimum absolute atomic E-state index is 0.0341. The van der Waals surface area contributed by atoms with Crippen LogP contribution in [0.5, 0.6) is 0 Å². The second kappa shape index (κ2) is 11.5. The maximum atomic E-state index is 14.1. The highest BCUT2D eigenvalue weighted by Crippen LogP contribution is 2.56. The molecule has 4 N–H and O–H groups in total. The van der Waals surface area contributed by atoms with Gasteiger partial charge in [-0.25, -0.2) is 18.2 Å². The molecule has 2 atom stereocenters. The van der Waals surface area contributed by atoms with E-state index in [1.807, 2.05) is 0 Å². The third-order valence-corrected chi connectivity index (χ3v) is 10.6. The third-order valence-electron chi connectivity index (χ3n) is 7.05. The number of aromatic nitrogens is 2. The smallest absolute Gasteiger partial charge is 0.344 e. The van der Waals surface area contributed by atoms with Gasteiger partial charge in [-0.3, -0.25) is 18.6 Å². The second-order valence-corrected chi connectivity index (χ2v) is 14.0. The summed E-state index contributed by atoms with van der Waals surface area (Å²) >= 11 is 0. The summed E-state index contributed by atoms with van der Waals surface area (Å²) in [5.41, 5.74) is 2.32. The van der Waals surface area contributed by atoms with Gasteiger partial charge in [0.2, 0.25) is 5.91 Å². The molecule has 5 rings (SSSR count). The van der Waals surface area contributed by atoms with E-state index in [-0.39, 0.29) is 33.6 Å². The van der Waals surface area contributed by atoms with Gasteiger partial charge in [0.05, 0.1) is 22.3 Å². The number of carbonyl (C=O) groups excluding carboxylic acids is 2. The van der Waals surface area contributed by atoms with Crippen molar-refractivity contribution in [2.45, 2.75) is 49.1 Å². The molecule has 1 fully saturated rings. The van der Waals surface area contributed by atoms with E-state index in [2.05, 4.69) is 19.5 Å². The van der Waals surface area contributed by atoms with E-state index in [9.17, 15) is 40.3 Å². The van der Waals surface area contributed by atoms with Crippen molar-refractivity contribution in [3.63, 3.8) is 0 Å². The van der Waals surface area contributed by atoms with E-state index in [0.29, 0.717) is 27.7 Å². The standard InChI is InChI=1S/C28H27F3N4O7S2/c1-16-7-8-17(2)23(13-16)44(40,41)35(42-27(37)28(29,30)31)22(26-32-20-5-3-4-6-21(20)33-26)14-18-9-11-19(12-10-18)24-15-25(36)34-43(24,38)39/h3-13,22,24,38-39H,14-15H2,1-2H3,(H,32,33)(H,34,36)/t22-,24?/m0/s1. The fourth-order valence-electron chi connectivity index (χ4n) is 4.86. The topological polar surface area (TPSA) is 162 Å². The van der Waals surface area contributed by atoms with Crippen LogP contribution < -0.4 is 4.72 Å². The number of hydrogen-bond acceptors (Lipinski definition) is 8. The maximum Gasteiger partial charge on any atom is 0.492 e. The van der Waals surface area contributed by atoms with Crippen molar-refractivity contribution in [1.82, 2.24) is 19.2 Å². The molecule has 0 spiro atoms. The van der Waals surface area contributed by atoms with Crippen molar-refractivity contribution in [3.8, 4) is 0 Å². The third kappa shape index (κ3) is 6.30. The van der Waals surface area contributed by atoms with Crippen molar-refractivity contribution in [1.29, 1.82) is 0 Å². The largest absolute Gasteiger partial charge is 0.492 e. The molecule has 1 aromatic heterocycles. The van der Waals surface area contributed by atoms with E-state index >= 15 is 0 Å². The Kier molecular flexibility index (Phi) is 8.24. The molecule has 2 heterocycles. The quantitative estimate of drug-likeness (QED) is 0.184. The summed E-state index contributed by atoms with van der Waals surface area (Å²) in [5, 5.41) is -0.927. The Morgan fingerprint density at radius 1 is 1.11 bits per heavy atom. The number of hydroxylamine groups is 1. The molecule has 16 heteroatoms. The van der Waals surface area contributed by atoms with Crippen LogP contribution in [0.15, 0.2) is 71.6 Å². The minimum atomic E-state index is -5.52. The number of aromatic amines is 1. The first-order chi connectivity index (χ1) is 20.6. The van der Waals surface area contributed by atoms with Crippen LogP contribution in [-0.4, -0.2) is 50.0 Å². The van der Waals surface area contributed by atoms with Crippen LogP contribution in [0.2, 0.25) is 0 Å². The molecule has 44 heavy (non-hydrogen) atoms. The number of amides is 1. The highest BCUT2D eigenvalue weighted by atomic mass is 32.3. The second-order valence-electron chi connectivity index (χ2n) is 10.3. The molecule has 1 amide bonds. The van der Waals surface area contributed by atoms with Gasteiger partial charge in [0.1, 0.15) is 17.1 Å². The number of carbonyl (C=O) groups is 2. The van der Waals surface area contributed by atoms with Gasteiger partial charge >= 0.3 is 12.1 Å². The molecule has 11 nitrogen and oxygen atoms in total. The highest BCUT2D eigenvalue weighted by molar-refractivity contribution is 8.23. The monoisotopic (exact) mass is 652 g/mol. The van der Waals surface area contributed by atoms with Crippen LogP contribution in [0.1, 0.15) is 45.8 Å². The van der Waals surface area contributed by atoms with Crippen molar-refractivity contribution < 1.29 is 45.1 Å². The number of rotatable bonds is 8. The SMILES string of the molecule is Cc1ccc(C)c(S(=O)(=O)N(OC(=O)C(F)(F)F)[C@@H](Cc2ccc(C3CC(=O)NS3(O)O)cc2)c2nc3ccccc3[nH]2)c1. The van der Waals surface area contributed by atoms with Crippen LogP contribution >= 0.6 is 10.8 Å². The lowest BCUT2D eigenvalue weighted by atomic mass is 10.0. The Morgan fingerprint density at radius 2 is 1.80 bits per heavy atom. The van der Waals surface area contributed by atoms with E-state index in [1.54, 1.807) is 37.3 Å². The Hall–Kier alpha value is -3.96. The van der Waals surface area contributed by atoms with E-state index in [1.165, 1.54) is 43.3 Å². The normalized spacial score (nSPS) is 18.3. The number of nitrogens with one attached hydrogen (secondary N) is 2. The number of alkyl halides is 3. The molecule has 234 valence electrons. The Balaban J connectivity index is 1.62. The predicted octanol–water partition coefficient (Wildman–Crippen LogP) is 5.40. The summed E-state index contributed by atoms with van der Waals surface area (Å²) < 4.78 is 91.3.